The van der Waals surface area contributed by atoms with Crippen molar-refractivity contribution >= 4 is 22.1 Å². The Morgan fingerprint density at radius 2 is 2.06 bits per heavy atom. The normalized spacial score (nSPS) is 18.5. The lowest BCUT2D eigenvalue weighted by Crippen LogP contribution is -2.23. The van der Waals surface area contributed by atoms with E-state index in [1.165, 1.54) is 10.8 Å². The first kappa shape index (κ1) is 22.9. The number of hydrogen-bond acceptors (Lipinski definition) is 6. The van der Waals surface area contributed by atoms with E-state index in [2.05, 4.69) is 42.2 Å². The number of aromatic amines is 1. The highest BCUT2D eigenvalue weighted by atomic mass is 32.1. The lowest BCUT2D eigenvalue weighted by atomic mass is 9.84. The molecule has 0 radical (unpaired) electrons. The summed E-state index contributed by atoms with van der Waals surface area (Å²) in [6.07, 6.45) is 7.00. The molecular formula is C27H30N2O4S. The maximum atomic E-state index is 11.4. The van der Waals surface area contributed by atoms with Gasteiger partial charge in [-0.3, -0.25) is 9.78 Å². The number of fused-ring (bicyclic) bond motifs is 1. The van der Waals surface area contributed by atoms with Crippen LogP contribution in [0.4, 0.5) is 0 Å². The van der Waals surface area contributed by atoms with Crippen LogP contribution in [0.25, 0.3) is 22.2 Å². The van der Waals surface area contributed by atoms with Crippen LogP contribution in [0.5, 0.6) is 5.88 Å². The van der Waals surface area contributed by atoms with Gasteiger partial charge < -0.3 is 14.3 Å². The van der Waals surface area contributed by atoms with Gasteiger partial charge in [-0.2, -0.15) is 0 Å². The standard InChI is InChI=1S/C27H30N2O4S/c1-2-23-22(28-26(33-23)20-12-11-18-7-3-4-8-19(18)15-20)16-32-21-9-5-6-17(14-21)10-13-24-25(30)29-27(31)34-24/h3-4,7-8,11-12,15,17,21,30H,2,5-6,9-10,13-14,16H2,1H3,(H,29,31)/t17-,21-/m0/s1. The van der Waals surface area contributed by atoms with Gasteiger partial charge in [0, 0.05) is 12.0 Å². The van der Waals surface area contributed by atoms with E-state index in [0.717, 1.165) is 78.2 Å². The largest absolute Gasteiger partial charge is 0.494 e. The van der Waals surface area contributed by atoms with Gasteiger partial charge in [0.05, 0.1) is 17.6 Å². The number of rotatable bonds is 8. The molecule has 7 heteroatoms. The second-order valence-electron chi connectivity index (χ2n) is 9.09. The summed E-state index contributed by atoms with van der Waals surface area (Å²) in [5, 5.41) is 12.2. The number of hydrogen-bond donors (Lipinski definition) is 2. The number of aryl methyl sites for hydroxylation is 2. The second-order valence-corrected chi connectivity index (χ2v) is 10.2. The van der Waals surface area contributed by atoms with Crippen molar-refractivity contribution in [2.24, 2.45) is 5.92 Å². The predicted octanol–water partition coefficient (Wildman–Crippen LogP) is 6.22. The summed E-state index contributed by atoms with van der Waals surface area (Å²) in [5.74, 6) is 2.09. The number of thiazole rings is 1. The summed E-state index contributed by atoms with van der Waals surface area (Å²) < 4.78 is 12.4. The molecule has 178 valence electrons. The van der Waals surface area contributed by atoms with Crippen LogP contribution in [-0.2, 0) is 24.2 Å². The summed E-state index contributed by atoms with van der Waals surface area (Å²) in [6.45, 7) is 2.54. The molecule has 1 fully saturated rings. The number of nitrogens with one attached hydrogen (secondary N) is 1. The zero-order chi connectivity index (χ0) is 23.5. The van der Waals surface area contributed by atoms with Crippen LogP contribution in [0.15, 0.2) is 51.7 Å². The van der Waals surface area contributed by atoms with Crippen LogP contribution < -0.4 is 4.87 Å². The molecule has 1 saturated carbocycles. The molecule has 5 rings (SSSR count). The Kier molecular flexibility index (Phi) is 6.83. The van der Waals surface area contributed by atoms with E-state index in [0.29, 0.717) is 18.4 Å². The van der Waals surface area contributed by atoms with Gasteiger partial charge in [-0.15, -0.1) is 0 Å². The average molecular weight is 479 g/mol. The second kappa shape index (κ2) is 10.2. The molecule has 0 saturated heterocycles. The van der Waals surface area contributed by atoms with Crippen molar-refractivity contribution in [2.75, 3.05) is 0 Å². The maximum absolute atomic E-state index is 11.4. The lowest BCUT2D eigenvalue weighted by Gasteiger charge is -2.29. The summed E-state index contributed by atoms with van der Waals surface area (Å²) in [5.41, 5.74) is 1.86. The third-order valence-corrected chi connectivity index (χ3v) is 7.70. The third kappa shape index (κ3) is 5.10. The van der Waals surface area contributed by atoms with Gasteiger partial charge in [-0.05, 0) is 54.5 Å². The fraction of sp³-hybridized carbons (Fsp3) is 0.407. The molecule has 2 N–H and O–H groups in total. The highest BCUT2D eigenvalue weighted by Crippen LogP contribution is 2.32. The van der Waals surface area contributed by atoms with Crippen molar-refractivity contribution in [1.29, 1.82) is 0 Å². The minimum atomic E-state index is -0.195. The van der Waals surface area contributed by atoms with Crippen LogP contribution in [0.1, 0.15) is 55.4 Å². The molecule has 1 aliphatic rings. The van der Waals surface area contributed by atoms with Gasteiger partial charge in [0.1, 0.15) is 11.5 Å². The molecule has 4 aromatic rings. The first-order valence-electron chi connectivity index (χ1n) is 12.1. The molecule has 2 aromatic carbocycles. The SMILES string of the molecule is CCc1oc(-c2ccc3ccccc3c2)nc1CO[C@H]1CCC[C@@H](CCc2sc(=O)[nH]c2O)C1. The highest BCUT2D eigenvalue weighted by Gasteiger charge is 2.24. The number of nitrogens with zero attached hydrogens (tertiary/aromatic N) is 1. The van der Waals surface area contributed by atoms with E-state index in [4.69, 9.17) is 14.1 Å². The Bertz CT molecular complexity index is 1320. The summed E-state index contributed by atoms with van der Waals surface area (Å²) in [7, 11) is 0. The molecule has 34 heavy (non-hydrogen) atoms. The molecule has 0 spiro atoms. The first-order chi connectivity index (χ1) is 16.6. The summed E-state index contributed by atoms with van der Waals surface area (Å²) >= 11 is 1.11. The smallest absolute Gasteiger partial charge is 0.307 e. The van der Waals surface area contributed by atoms with Gasteiger partial charge >= 0.3 is 4.87 Å². The number of oxazole rings is 1. The first-order valence-corrected chi connectivity index (χ1v) is 12.9. The number of H-pyrrole nitrogens is 1. The number of aromatic hydroxyl groups is 1. The van der Waals surface area contributed by atoms with Gasteiger partial charge in [-0.25, -0.2) is 4.98 Å². The highest BCUT2D eigenvalue weighted by molar-refractivity contribution is 7.09. The van der Waals surface area contributed by atoms with Crippen LogP contribution in [-0.4, -0.2) is 21.2 Å². The minimum Gasteiger partial charge on any atom is -0.494 e. The van der Waals surface area contributed by atoms with E-state index in [-0.39, 0.29) is 16.9 Å². The van der Waals surface area contributed by atoms with Crippen molar-refractivity contribution in [3.8, 4) is 17.3 Å². The fourth-order valence-corrected chi connectivity index (χ4v) is 5.67. The quantitative estimate of drug-likeness (QED) is 0.314. The van der Waals surface area contributed by atoms with Crippen LogP contribution in [0.2, 0.25) is 0 Å². The van der Waals surface area contributed by atoms with E-state index in [1.54, 1.807) is 0 Å². The predicted molar refractivity (Wildman–Crippen MR) is 134 cm³/mol. The Balaban J connectivity index is 1.21. The molecule has 1 aliphatic carbocycles. The average Bonchev–Trinajstić information content (AvgIpc) is 3.43. The molecule has 2 atom stereocenters. The topological polar surface area (TPSA) is 88.4 Å². The van der Waals surface area contributed by atoms with Crippen molar-refractivity contribution in [3.05, 3.63) is 68.5 Å². The summed E-state index contributed by atoms with van der Waals surface area (Å²) in [6, 6.07) is 14.6. The molecule has 2 heterocycles. The van der Waals surface area contributed by atoms with Crippen LogP contribution in [0, 0.1) is 5.92 Å². The van der Waals surface area contributed by atoms with Gasteiger partial charge in [0.2, 0.25) is 11.8 Å². The van der Waals surface area contributed by atoms with Crippen molar-refractivity contribution in [3.63, 3.8) is 0 Å². The van der Waals surface area contributed by atoms with Gasteiger partial charge in [-0.1, -0.05) is 61.4 Å². The summed E-state index contributed by atoms with van der Waals surface area (Å²) in [4.78, 5) is 19.2. The van der Waals surface area contributed by atoms with Crippen molar-refractivity contribution < 1.29 is 14.3 Å². The third-order valence-electron chi connectivity index (χ3n) is 6.77. The number of aromatic nitrogens is 2. The molecule has 6 nitrogen and oxygen atoms in total. The maximum Gasteiger partial charge on any atom is 0.307 e. The molecule has 0 bridgehead atoms. The molecule has 0 amide bonds. The molecule has 0 aliphatic heterocycles. The van der Waals surface area contributed by atoms with E-state index >= 15 is 0 Å². The van der Waals surface area contributed by atoms with Gasteiger partial charge in [0.25, 0.3) is 0 Å². The monoisotopic (exact) mass is 478 g/mol. The number of ether oxygens (including phenoxy) is 1. The Morgan fingerprint density at radius 3 is 2.85 bits per heavy atom. The van der Waals surface area contributed by atoms with E-state index in [1.807, 2.05) is 12.1 Å². The lowest BCUT2D eigenvalue weighted by molar-refractivity contribution is -0.000589. The fourth-order valence-electron chi connectivity index (χ4n) is 4.93. The molecule has 2 aromatic heterocycles. The zero-order valence-electron chi connectivity index (χ0n) is 19.4. The van der Waals surface area contributed by atoms with Crippen molar-refractivity contribution in [2.45, 2.75) is 64.6 Å². The molecule has 0 unspecified atom stereocenters. The van der Waals surface area contributed by atoms with Gasteiger partial charge in [0.15, 0.2) is 0 Å². The Morgan fingerprint density at radius 1 is 1.21 bits per heavy atom. The number of benzene rings is 2. The van der Waals surface area contributed by atoms with E-state index < -0.39 is 0 Å². The van der Waals surface area contributed by atoms with Crippen molar-refractivity contribution in [1.82, 2.24) is 9.97 Å². The van der Waals surface area contributed by atoms with Crippen LogP contribution >= 0.6 is 11.3 Å². The van der Waals surface area contributed by atoms with E-state index in [9.17, 15) is 9.90 Å². The minimum absolute atomic E-state index is 0.0268. The Labute approximate surface area is 202 Å². The van der Waals surface area contributed by atoms with Crippen LogP contribution in [0.3, 0.4) is 0 Å². The zero-order valence-corrected chi connectivity index (χ0v) is 20.2. The Hall–Kier alpha value is -2.90. The molecular weight excluding hydrogens is 448 g/mol.